The van der Waals surface area contributed by atoms with Gasteiger partial charge in [-0.25, -0.2) is 4.79 Å². The Bertz CT molecular complexity index is 5900. The minimum Gasteiger partial charge on any atom is -0.870 e. The van der Waals surface area contributed by atoms with E-state index < -0.39 is 19.1 Å². The van der Waals surface area contributed by atoms with Crippen molar-refractivity contribution in [1.82, 2.24) is 0 Å². The number of hydrogen-bond acceptors (Lipinski definition) is 18. The molecule has 15 rings (SSSR count). The molecule has 3 amide bonds. The van der Waals surface area contributed by atoms with Gasteiger partial charge < -0.3 is 78.8 Å². The summed E-state index contributed by atoms with van der Waals surface area (Å²) in [5.74, 6) is -3.37. The van der Waals surface area contributed by atoms with Crippen LogP contribution < -0.4 is 73.9 Å². The molecular weight excluding hydrogens is 1770 g/mol. The molecule has 0 fully saturated rings. The van der Waals surface area contributed by atoms with Gasteiger partial charge in [0.1, 0.15) is 0 Å². The van der Waals surface area contributed by atoms with Gasteiger partial charge in [0, 0.05) is 68.0 Å². The van der Waals surface area contributed by atoms with Crippen LogP contribution in [0.15, 0.2) is 252 Å². The first kappa shape index (κ1) is 102. The van der Waals surface area contributed by atoms with Crippen molar-refractivity contribution in [3.63, 3.8) is 0 Å². The summed E-state index contributed by atoms with van der Waals surface area (Å²) >= 11 is 6.88. The van der Waals surface area contributed by atoms with Crippen molar-refractivity contribution in [3.8, 4) is 22.3 Å². The predicted octanol–water partition coefficient (Wildman–Crippen LogP) is 13.5. The molecule has 4 aliphatic rings. The summed E-state index contributed by atoms with van der Waals surface area (Å²) in [5.41, 5.74) is 46.3. The zero-order valence-electron chi connectivity index (χ0n) is 70.6. The van der Waals surface area contributed by atoms with E-state index in [1.165, 1.54) is 0 Å². The van der Waals surface area contributed by atoms with Gasteiger partial charge in [0.25, 0.3) is 17.7 Å². The fraction of sp³-hybridized carbons (Fsp3) is 0.172. The minimum absolute atomic E-state index is 0. The molecule has 16 N–H and O–H groups in total. The third-order valence-electron chi connectivity index (χ3n) is 20.0. The number of benzene rings is 11. The van der Waals surface area contributed by atoms with Crippen molar-refractivity contribution >= 4 is 151 Å². The van der Waals surface area contributed by atoms with Gasteiger partial charge in [0.15, 0.2) is 0 Å². The van der Waals surface area contributed by atoms with Crippen molar-refractivity contribution in [2.45, 2.75) is 91.8 Å². The third kappa shape index (κ3) is 29.3. The Balaban J connectivity index is 0.000000217. The van der Waals surface area contributed by atoms with Crippen molar-refractivity contribution in [3.05, 3.63) is 357 Å². The fourth-order valence-electron chi connectivity index (χ4n) is 14.0. The van der Waals surface area contributed by atoms with Crippen LogP contribution in [-0.4, -0.2) is 100 Å². The number of anilines is 4. The third-order valence-corrected chi connectivity index (χ3v) is 21.3. The molecule has 23 nitrogen and oxygen atoms in total. The first-order valence-corrected chi connectivity index (χ1v) is 41.8. The number of hydrogen-bond donors (Lipinski definition) is 11. The van der Waals surface area contributed by atoms with E-state index in [1.54, 1.807) is 93.6 Å². The van der Waals surface area contributed by atoms with E-state index in [9.17, 15) is 38.4 Å². The summed E-state index contributed by atoms with van der Waals surface area (Å²) in [6, 6.07) is 66.6. The van der Waals surface area contributed by atoms with E-state index >= 15 is 0 Å². The molecule has 0 saturated carbocycles. The Hall–Kier alpha value is -12.0. The number of aromatic carboxylic acids is 1. The van der Waals surface area contributed by atoms with Crippen LogP contribution in [0.5, 0.6) is 0 Å². The molecule has 0 unspecified atom stereocenters. The number of nitrogens with two attached hydrogens (primary N) is 4. The number of amides is 3. The number of esters is 3. The van der Waals surface area contributed by atoms with Gasteiger partial charge in [-0.1, -0.05) is 214 Å². The monoisotopic (exact) mass is 1870 g/mol. The number of fused-ring (bicyclic) bond motifs is 4. The van der Waals surface area contributed by atoms with Crippen LogP contribution >= 0.6 is 44.3 Å². The number of allylic oxidation sites excluding steroid dienone is 4. The van der Waals surface area contributed by atoms with Crippen molar-refractivity contribution < 1.29 is 108 Å². The molecule has 0 radical (unpaired) electrons. The van der Waals surface area contributed by atoms with E-state index in [1.807, 2.05) is 152 Å². The molecule has 0 heterocycles. The van der Waals surface area contributed by atoms with Crippen LogP contribution in [0.3, 0.4) is 0 Å². The van der Waals surface area contributed by atoms with Crippen LogP contribution in [0.25, 0.3) is 46.6 Å². The van der Waals surface area contributed by atoms with E-state index in [0.717, 1.165) is 135 Å². The Morgan fingerprint density at radius 2 is 0.717 bits per heavy atom. The summed E-state index contributed by atoms with van der Waals surface area (Å²) in [4.78, 5) is 95.6. The van der Waals surface area contributed by atoms with E-state index in [0.29, 0.717) is 95.5 Å². The first-order chi connectivity index (χ1) is 59.9. The smallest absolute Gasteiger partial charge is 0.870 e. The Kier molecular flexibility index (Phi) is 41.0. The second kappa shape index (κ2) is 51.0. The zero-order valence-corrected chi connectivity index (χ0v) is 76.6. The number of ether oxygens (including phenoxy) is 3. The number of nitrogen functional groups attached to an aromatic ring is 1. The Labute approximate surface area is 783 Å². The van der Waals surface area contributed by atoms with Crippen molar-refractivity contribution in [2.75, 3.05) is 41.5 Å². The second-order valence-electron chi connectivity index (χ2n) is 28.7. The topological polar surface area (TPSA) is 415 Å². The normalized spacial score (nSPS) is 11.3. The van der Waals surface area contributed by atoms with Gasteiger partial charge in [0.2, 0.25) is 0 Å². The first-order valence-electron chi connectivity index (χ1n) is 40.2. The minimum atomic E-state index is -1.40. The van der Waals surface area contributed by atoms with E-state index in [4.69, 9.17) is 57.4 Å². The summed E-state index contributed by atoms with van der Waals surface area (Å²) in [6.07, 6.45) is 20.1. The van der Waals surface area contributed by atoms with E-state index in [-0.39, 0.29) is 109 Å². The summed E-state index contributed by atoms with van der Waals surface area (Å²) < 4.78 is 16.6. The van der Waals surface area contributed by atoms with Crippen molar-refractivity contribution in [1.29, 1.82) is 0 Å². The number of para-hydroxylation sites is 4. The van der Waals surface area contributed by atoms with Crippen LogP contribution in [0.4, 0.5) is 22.7 Å². The van der Waals surface area contributed by atoms with Gasteiger partial charge in [-0.3, -0.25) is 33.6 Å². The van der Waals surface area contributed by atoms with Gasteiger partial charge >= 0.3 is 66.5 Å². The standard InChI is InChI=1S/C27H26N2O3.C25H22N2O3.C20H18BrNO3.C10H7BrO2.C10H13NO2.C7H10BNO2.ClH.Na.H2O/c1-2-32-26(30)16-21-8-3-4-12-25(21)29-27(31)22-14-20-10-6-11-23(20)24(15-22)19-9-5-7-18(13-19)17-28;26-15-16-5-3-7-17(11-16)22-13-20(12-18-8-4-9-21(18)22)25(30)27-23-10-2-1-6-19(23)14-24(28)29;1-2-25-19(23)12-14-6-3-4-9-18(14)22-20(24)15-10-13-7-5-8-16(13)17(21)11-15;11-9-5-7(10(12)13)4-6-2-1-3-8(6)9;1-2-13-10(12)7-8-5-3-4-6-9(8)11;9-5-6-2-1-3-7(4-6)8(10)11;;;/h3-9,11-15H,2,10,16-17,28H2,1H3,(H,29,31);1-7,9-13H,8,14-15,26H2,(H,27,30)(H,28,29);3-6,8-11H,2,7,12H2,1H3,(H,22,24);1,3-5H,2H2,(H,12,13);3-6H,2,7,11H2,1H3;1-4,10-11H,5,9H2;1H;;1H2/q;;;;;;;+1;/p-1. The number of halogens is 3. The maximum Gasteiger partial charge on any atom is 1.00 e. The molecule has 0 atom stereocenters. The van der Waals surface area contributed by atoms with Crippen LogP contribution in [0, 0.1) is 0 Å². The molecule has 0 bridgehead atoms. The van der Waals surface area contributed by atoms with Gasteiger partial charge in [-0.05, 0) is 243 Å². The van der Waals surface area contributed by atoms with Crippen LogP contribution in [0.2, 0.25) is 0 Å². The maximum atomic E-state index is 13.2. The fourth-order valence-corrected chi connectivity index (χ4v) is 15.2. The summed E-state index contributed by atoms with van der Waals surface area (Å²) in [7, 11) is -1.40. The average Bonchev–Trinajstić information content (AvgIpc) is 1.73. The molecule has 0 saturated heterocycles. The van der Waals surface area contributed by atoms with Gasteiger partial charge in [-0.15, -0.1) is 12.4 Å². The number of carbonyl (C=O) groups is 8. The molecule has 4 aliphatic carbocycles. The predicted molar refractivity (Wildman–Crippen MR) is 505 cm³/mol. The zero-order chi connectivity index (χ0) is 88.8. The number of rotatable bonds is 24. The average molecular weight is 1870 g/mol. The second-order valence-corrected chi connectivity index (χ2v) is 30.4. The number of carboxylic acid groups (broad SMARTS) is 2. The molecular formula is C99H98BBr2ClN7NaO16. The number of nitrogens with one attached hydrogen (secondary N) is 3. The molecule has 11 aromatic carbocycles. The Morgan fingerprint density at radius 3 is 1.09 bits per heavy atom. The number of carbonyl (C=O) groups excluding carboxylic acids is 6. The Morgan fingerprint density at radius 1 is 0.394 bits per heavy atom. The molecule has 11 aromatic rings. The SMILES string of the molecule is CCOC(=O)Cc1ccccc1N.CCOC(=O)Cc1ccccc1NC(=O)c1cc(Br)c2c(c1)CC=C2.CCOC(=O)Cc1ccccc1NC(=O)c1cc2c(c(-c3cccc(CN)c3)c1)C=CC2.Cl.NCc1cccc(-c2cc(C(=O)Nc3ccccc3CC(=O)O)cc3c2C=CC3)c1.NCc1cccc(B(O)O)c1.O=C(O)c1cc(Br)c2c(c1)CC=C2.[Na+].[OH-]. The summed E-state index contributed by atoms with van der Waals surface area (Å²) in [6.45, 7) is 7.73. The maximum absolute atomic E-state index is 13.2. The molecule has 127 heavy (non-hydrogen) atoms. The molecule has 0 spiro atoms. The largest absolute Gasteiger partial charge is 1.00 e. The molecule has 650 valence electrons. The molecule has 0 aromatic heterocycles. The number of carboxylic acids is 2. The van der Waals surface area contributed by atoms with Gasteiger partial charge in [-0.2, -0.15) is 0 Å². The number of aliphatic carboxylic acids is 1. The van der Waals surface area contributed by atoms with Gasteiger partial charge in [0.05, 0.1) is 51.1 Å². The van der Waals surface area contributed by atoms with E-state index in [2.05, 4.69) is 90.3 Å². The molecule has 0 aliphatic heterocycles. The van der Waals surface area contributed by atoms with Crippen molar-refractivity contribution in [2.24, 2.45) is 17.2 Å². The van der Waals surface area contributed by atoms with Crippen LogP contribution in [0.1, 0.15) is 146 Å². The summed E-state index contributed by atoms with van der Waals surface area (Å²) in [5, 5.41) is 44.2. The quantitative estimate of drug-likeness (QED) is 0.0116. The molecule has 28 heteroatoms. The van der Waals surface area contributed by atoms with Crippen LogP contribution in [-0.2, 0) is 104 Å².